The summed E-state index contributed by atoms with van der Waals surface area (Å²) in [6, 6.07) is 16.9. The molecule has 3 aromatic rings. The van der Waals surface area contributed by atoms with Gasteiger partial charge in [-0.05, 0) is 11.6 Å². The van der Waals surface area contributed by atoms with Gasteiger partial charge in [-0.25, -0.2) is 4.68 Å². The van der Waals surface area contributed by atoms with Gasteiger partial charge in [-0.3, -0.25) is 9.59 Å². The molecule has 1 amide bonds. The summed E-state index contributed by atoms with van der Waals surface area (Å²) in [7, 11) is 1.60. The summed E-state index contributed by atoms with van der Waals surface area (Å²) in [5, 5.41) is 8.43. The van der Waals surface area contributed by atoms with Crippen LogP contribution in [0.5, 0.6) is 0 Å². The Morgan fingerprint density at radius 3 is 2.43 bits per heavy atom. The van der Waals surface area contributed by atoms with Crippen molar-refractivity contribution < 1.29 is 4.79 Å². The number of carbonyl (C=O) groups is 1. The molecule has 0 atom stereocenters. The number of amides is 1. The van der Waals surface area contributed by atoms with Crippen LogP contribution in [0, 0.1) is 0 Å². The Hall–Kier alpha value is -2.95. The summed E-state index contributed by atoms with van der Waals surface area (Å²) in [5.41, 5.74) is 1.49. The molecule has 0 saturated heterocycles. The third-order valence-corrected chi connectivity index (χ3v) is 3.69. The van der Waals surface area contributed by atoms with Crippen molar-refractivity contribution >= 4 is 16.7 Å². The normalized spacial score (nSPS) is 10.7. The lowest BCUT2D eigenvalue weighted by Gasteiger charge is -2.09. The van der Waals surface area contributed by atoms with E-state index in [2.05, 4.69) is 10.4 Å². The second kappa shape index (κ2) is 6.44. The molecule has 0 saturated carbocycles. The number of nitrogens with zero attached hydrogens (tertiary/aromatic N) is 2. The van der Waals surface area contributed by atoms with Crippen molar-refractivity contribution in [1.82, 2.24) is 15.1 Å². The van der Waals surface area contributed by atoms with Crippen molar-refractivity contribution in [3.8, 4) is 0 Å². The van der Waals surface area contributed by atoms with Gasteiger partial charge < -0.3 is 5.32 Å². The maximum Gasteiger partial charge on any atom is 0.274 e. The number of hydrogen-bond donors (Lipinski definition) is 1. The van der Waals surface area contributed by atoms with E-state index in [0.717, 1.165) is 10.9 Å². The van der Waals surface area contributed by atoms with Crippen LogP contribution in [0.1, 0.15) is 11.3 Å². The van der Waals surface area contributed by atoms with E-state index in [1.54, 1.807) is 13.1 Å². The molecule has 116 valence electrons. The van der Waals surface area contributed by atoms with E-state index in [1.807, 2.05) is 48.5 Å². The first-order valence-corrected chi connectivity index (χ1v) is 7.40. The molecule has 5 nitrogen and oxygen atoms in total. The zero-order valence-electron chi connectivity index (χ0n) is 12.8. The molecule has 0 bridgehead atoms. The third-order valence-electron chi connectivity index (χ3n) is 3.69. The largest absolute Gasteiger partial charge is 0.352 e. The van der Waals surface area contributed by atoms with E-state index in [-0.39, 0.29) is 17.9 Å². The second-order valence-electron chi connectivity index (χ2n) is 5.36. The van der Waals surface area contributed by atoms with E-state index in [0.29, 0.717) is 17.6 Å². The molecule has 1 heterocycles. The van der Waals surface area contributed by atoms with Crippen molar-refractivity contribution in [3.63, 3.8) is 0 Å². The van der Waals surface area contributed by atoms with Crippen molar-refractivity contribution in [2.75, 3.05) is 0 Å². The minimum absolute atomic E-state index is 0.120. The monoisotopic (exact) mass is 307 g/mol. The third kappa shape index (κ3) is 3.29. The molecular formula is C18H17N3O2. The summed E-state index contributed by atoms with van der Waals surface area (Å²) in [6.45, 7) is 0.476. The van der Waals surface area contributed by atoms with Gasteiger partial charge in [-0.15, -0.1) is 0 Å². The maximum absolute atomic E-state index is 12.2. The molecule has 2 aromatic carbocycles. The van der Waals surface area contributed by atoms with Gasteiger partial charge in [0.2, 0.25) is 5.91 Å². The van der Waals surface area contributed by atoms with Crippen molar-refractivity contribution in [2.45, 2.75) is 13.0 Å². The molecule has 0 aliphatic heterocycles. The van der Waals surface area contributed by atoms with Gasteiger partial charge in [-0.2, -0.15) is 5.10 Å². The molecule has 23 heavy (non-hydrogen) atoms. The van der Waals surface area contributed by atoms with Crippen LogP contribution in [0.2, 0.25) is 0 Å². The van der Waals surface area contributed by atoms with Gasteiger partial charge >= 0.3 is 0 Å². The molecule has 0 aliphatic rings. The maximum atomic E-state index is 12.2. The van der Waals surface area contributed by atoms with Gasteiger partial charge in [0.25, 0.3) is 5.56 Å². The highest BCUT2D eigenvalue weighted by molar-refractivity contribution is 5.88. The van der Waals surface area contributed by atoms with Gasteiger partial charge in [0.15, 0.2) is 0 Å². The Balaban J connectivity index is 1.80. The summed E-state index contributed by atoms with van der Waals surface area (Å²) in [6.07, 6.45) is 0.140. The molecular weight excluding hydrogens is 290 g/mol. The number of carbonyl (C=O) groups excluding carboxylic acids is 1. The lowest BCUT2D eigenvalue weighted by atomic mass is 10.1. The summed E-state index contributed by atoms with van der Waals surface area (Å²) >= 11 is 0. The quantitative estimate of drug-likeness (QED) is 0.799. The Labute approximate surface area is 133 Å². The van der Waals surface area contributed by atoms with Crippen molar-refractivity contribution in [3.05, 3.63) is 76.2 Å². The van der Waals surface area contributed by atoms with Crippen LogP contribution in [-0.4, -0.2) is 15.7 Å². The predicted octanol–water partition coefficient (Wildman–Crippen LogP) is 1.79. The molecule has 5 heteroatoms. The second-order valence-corrected chi connectivity index (χ2v) is 5.36. The molecule has 3 rings (SSSR count). The highest BCUT2D eigenvalue weighted by Crippen LogP contribution is 2.13. The number of aromatic nitrogens is 2. The molecule has 0 radical (unpaired) electrons. The number of rotatable bonds is 4. The van der Waals surface area contributed by atoms with Crippen LogP contribution in [-0.2, 0) is 24.8 Å². The van der Waals surface area contributed by atoms with Crippen LogP contribution < -0.4 is 10.9 Å². The van der Waals surface area contributed by atoms with E-state index in [4.69, 9.17) is 0 Å². The van der Waals surface area contributed by atoms with Gasteiger partial charge in [0.05, 0.1) is 17.5 Å². The Morgan fingerprint density at radius 1 is 1.04 bits per heavy atom. The van der Waals surface area contributed by atoms with E-state index in [1.165, 1.54) is 4.68 Å². The van der Waals surface area contributed by atoms with Gasteiger partial charge in [-0.1, -0.05) is 48.5 Å². The Morgan fingerprint density at radius 2 is 1.70 bits per heavy atom. The number of hydrogen-bond acceptors (Lipinski definition) is 3. The first-order chi connectivity index (χ1) is 11.1. The summed E-state index contributed by atoms with van der Waals surface area (Å²) < 4.78 is 1.28. The van der Waals surface area contributed by atoms with Crippen molar-refractivity contribution in [1.29, 1.82) is 0 Å². The van der Waals surface area contributed by atoms with Crippen LogP contribution in [0.25, 0.3) is 10.8 Å². The molecule has 1 aromatic heterocycles. The average Bonchev–Trinajstić information content (AvgIpc) is 2.58. The van der Waals surface area contributed by atoms with Crippen LogP contribution in [0.4, 0.5) is 0 Å². The number of fused-ring (bicyclic) bond motifs is 1. The number of aryl methyl sites for hydroxylation is 1. The molecule has 1 N–H and O–H groups in total. The Bertz CT molecular complexity index is 901. The molecule has 0 aliphatic carbocycles. The fourth-order valence-electron chi connectivity index (χ4n) is 2.52. The highest BCUT2D eigenvalue weighted by Gasteiger charge is 2.12. The zero-order valence-corrected chi connectivity index (χ0v) is 12.8. The van der Waals surface area contributed by atoms with Crippen LogP contribution in [0.15, 0.2) is 59.4 Å². The minimum Gasteiger partial charge on any atom is -0.352 e. The van der Waals surface area contributed by atoms with Gasteiger partial charge in [0.1, 0.15) is 0 Å². The predicted molar refractivity (Wildman–Crippen MR) is 89.0 cm³/mol. The molecule has 0 spiro atoms. The highest BCUT2D eigenvalue weighted by atomic mass is 16.1. The topological polar surface area (TPSA) is 64.0 Å². The van der Waals surface area contributed by atoms with Crippen LogP contribution >= 0.6 is 0 Å². The Kier molecular flexibility index (Phi) is 4.19. The first-order valence-electron chi connectivity index (χ1n) is 7.40. The van der Waals surface area contributed by atoms with Crippen molar-refractivity contribution in [2.24, 2.45) is 7.05 Å². The number of benzene rings is 2. The first kappa shape index (κ1) is 15.0. The smallest absolute Gasteiger partial charge is 0.274 e. The lowest BCUT2D eigenvalue weighted by molar-refractivity contribution is -0.120. The zero-order chi connectivity index (χ0) is 16.2. The van der Waals surface area contributed by atoms with Crippen LogP contribution in [0.3, 0.4) is 0 Å². The van der Waals surface area contributed by atoms with E-state index >= 15 is 0 Å². The lowest BCUT2D eigenvalue weighted by Crippen LogP contribution is -2.27. The molecule has 0 fully saturated rings. The van der Waals surface area contributed by atoms with E-state index in [9.17, 15) is 9.59 Å². The minimum atomic E-state index is -0.158. The van der Waals surface area contributed by atoms with E-state index < -0.39 is 0 Å². The standard InChI is InChI=1S/C18H17N3O2/c1-21-18(23)15-10-6-5-9-14(15)16(20-21)11-17(22)19-12-13-7-3-2-4-8-13/h2-10H,11-12H2,1H3,(H,19,22). The number of nitrogens with one attached hydrogen (secondary N) is 1. The summed E-state index contributed by atoms with van der Waals surface area (Å²) in [5.74, 6) is -0.120. The van der Waals surface area contributed by atoms with Gasteiger partial charge in [0, 0.05) is 19.0 Å². The fraction of sp³-hybridized carbons (Fsp3) is 0.167. The average molecular weight is 307 g/mol. The SMILES string of the molecule is Cn1nc(CC(=O)NCc2ccccc2)c2ccccc2c1=O. The molecule has 0 unspecified atom stereocenters. The fourth-order valence-corrected chi connectivity index (χ4v) is 2.52. The summed E-state index contributed by atoms with van der Waals surface area (Å²) in [4.78, 5) is 24.3.